The molecule has 5 amide bonds. The normalized spacial score (nSPS) is 13.2. The van der Waals surface area contributed by atoms with E-state index in [1.807, 2.05) is 25.8 Å². The fourth-order valence-electron chi connectivity index (χ4n) is 12.7. The Labute approximate surface area is 771 Å². The zero-order chi connectivity index (χ0) is 92.1. The van der Waals surface area contributed by atoms with Gasteiger partial charge in [-0.15, -0.1) is 0 Å². The number of likely N-dealkylation sites (N-methyl/N-ethyl adjacent to an activating group) is 1. The number of amides is 5. The zero-order valence-electron chi connectivity index (χ0n) is 80.5. The first-order valence-electron chi connectivity index (χ1n) is 49.0. The third-order valence-electron chi connectivity index (χ3n) is 20.5. The smallest absolute Gasteiger partial charge is 0.245 e. The van der Waals surface area contributed by atoms with Crippen LogP contribution in [0.3, 0.4) is 0 Å². The number of carbonyl (C=O) groups is 5. The quantitative estimate of drug-likeness (QED) is 0.0417. The van der Waals surface area contributed by atoms with E-state index in [0.717, 1.165) is 38.8 Å². The zero-order valence-corrected chi connectivity index (χ0v) is 80.5. The van der Waals surface area contributed by atoms with Crippen LogP contribution in [0.5, 0.6) is 0 Å². The van der Waals surface area contributed by atoms with E-state index >= 15 is 0 Å². The maximum atomic E-state index is 14.0. The standard InChI is InChI=1S/C93H182N6O29/c1-6-8-9-10-11-12-13-14-15-16-17-18-19-20-21-22-24-30-88(100)94-33-27-23-25-31-90(102)97-91(86(3)7-2)92(103)96-87(93(104)99-37-35-98(4)36-38-99)29-26-28-34-95-89(101)32-39-106-42-43-108-46-47-110-50-51-112-54-55-114-58-59-116-62-63-118-66-67-120-70-71-122-74-75-124-78-79-126-82-83-128-85-84-127-81-80-125-77-76-123-73-72-121-69-68-119-65-64-117-61-60-115-57-56-113-53-52-111-49-48-109-45-44-107-41-40-105-5/h86-87,91H,6-85H2,1-5H3,(H,94,100)(H,95,101)(H,96,103)(H,97,102)/t86-,87-,91-/m0/s1. The lowest BCUT2D eigenvalue weighted by Gasteiger charge is -2.35. The van der Waals surface area contributed by atoms with Crippen LogP contribution in [0.1, 0.15) is 194 Å². The van der Waals surface area contributed by atoms with Gasteiger partial charge in [0.1, 0.15) is 12.1 Å². The fourth-order valence-corrected chi connectivity index (χ4v) is 12.7. The van der Waals surface area contributed by atoms with E-state index in [4.69, 9.17) is 114 Å². The lowest BCUT2D eigenvalue weighted by molar-refractivity contribution is -0.139. The Morgan fingerprint density at radius 2 is 0.500 bits per heavy atom. The monoisotopic (exact) mass is 1850 g/mol. The minimum absolute atomic E-state index is 0.0964. The topological polar surface area (TPSA) is 361 Å². The van der Waals surface area contributed by atoms with Crippen LogP contribution in [-0.4, -0.2) is 415 Å². The van der Waals surface area contributed by atoms with Crippen molar-refractivity contribution in [3.63, 3.8) is 0 Å². The van der Waals surface area contributed by atoms with Gasteiger partial charge in [-0.2, -0.15) is 0 Å². The number of nitrogens with one attached hydrogen (secondary N) is 4. The Balaban J connectivity index is 1.86. The number of nitrogens with zero attached hydrogens (tertiary/aromatic N) is 2. The van der Waals surface area contributed by atoms with Crippen LogP contribution < -0.4 is 21.3 Å². The highest BCUT2D eigenvalue weighted by atomic mass is 16.6. The Bertz CT molecular complexity index is 2320. The Kier molecular flexibility index (Phi) is 97.8. The highest BCUT2D eigenvalue weighted by molar-refractivity contribution is 5.92. The summed E-state index contributed by atoms with van der Waals surface area (Å²) in [5.41, 5.74) is 0. The van der Waals surface area contributed by atoms with Gasteiger partial charge >= 0.3 is 0 Å². The van der Waals surface area contributed by atoms with Crippen molar-refractivity contribution in [3.05, 3.63) is 0 Å². The summed E-state index contributed by atoms with van der Waals surface area (Å²) in [6, 6.07) is -1.55. The van der Waals surface area contributed by atoms with E-state index in [-0.39, 0.29) is 54.9 Å². The van der Waals surface area contributed by atoms with Crippen LogP contribution in [0.4, 0.5) is 0 Å². The van der Waals surface area contributed by atoms with E-state index in [0.29, 0.717) is 369 Å². The molecule has 4 N–H and O–H groups in total. The van der Waals surface area contributed by atoms with E-state index in [2.05, 4.69) is 33.1 Å². The molecule has 1 fully saturated rings. The molecule has 1 rings (SSSR count). The van der Waals surface area contributed by atoms with E-state index in [9.17, 15) is 24.0 Å². The predicted molar refractivity (Wildman–Crippen MR) is 490 cm³/mol. The molecule has 0 aromatic heterocycles. The average Bonchev–Trinajstić information content (AvgIpc) is 0.846. The summed E-state index contributed by atoms with van der Waals surface area (Å²) >= 11 is 0. The van der Waals surface area contributed by atoms with Crippen molar-refractivity contribution in [2.75, 3.05) is 364 Å². The van der Waals surface area contributed by atoms with E-state index < -0.39 is 12.1 Å². The van der Waals surface area contributed by atoms with Crippen molar-refractivity contribution in [1.82, 2.24) is 31.1 Å². The van der Waals surface area contributed by atoms with E-state index in [1.54, 1.807) is 7.11 Å². The summed E-state index contributed by atoms with van der Waals surface area (Å²) in [5, 5.41) is 12.0. The fraction of sp³-hybridized carbons (Fsp3) is 0.946. The molecule has 35 nitrogen and oxygen atoms in total. The van der Waals surface area contributed by atoms with Gasteiger partial charge in [-0.1, -0.05) is 136 Å². The largest absolute Gasteiger partial charge is 0.382 e. The van der Waals surface area contributed by atoms with Gasteiger partial charge in [0.25, 0.3) is 0 Å². The molecule has 0 aromatic carbocycles. The molecule has 0 unspecified atom stereocenters. The average molecular weight is 1850 g/mol. The Morgan fingerprint density at radius 1 is 0.266 bits per heavy atom. The van der Waals surface area contributed by atoms with Gasteiger partial charge in [0.2, 0.25) is 29.5 Å². The molecule has 3 atom stereocenters. The highest BCUT2D eigenvalue weighted by Crippen LogP contribution is 2.17. The minimum atomic E-state index is -0.791. The van der Waals surface area contributed by atoms with Crippen LogP contribution in [-0.2, 0) is 138 Å². The Hall–Kier alpha value is -3.65. The van der Waals surface area contributed by atoms with Crippen molar-refractivity contribution < 1.29 is 138 Å². The molecule has 1 saturated heterocycles. The van der Waals surface area contributed by atoms with Gasteiger partial charge in [0.15, 0.2) is 0 Å². The van der Waals surface area contributed by atoms with Crippen LogP contribution in [0, 0.1) is 5.92 Å². The van der Waals surface area contributed by atoms with Gasteiger partial charge in [-0.25, -0.2) is 0 Å². The highest BCUT2D eigenvalue weighted by Gasteiger charge is 2.33. The first kappa shape index (κ1) is 122. The molecule has 0 aliphatic carbocycles. The molecule has 128 heavy (non-hydrogen) atoms. The molecule has 758 valence electrons. The lowest BCUT2D eigenvalue weighted by atomic mass is 9.97. The second-order valence-corrected chi connectivity index (χ2v) is 31.4. The summed E-state index contributed by atoms with van der Waals surface area (Å²) in [6.07, 6.45) is 27.8. The molecule has 35 heteroatoms. The van der Waals surface area contributed by atoms with Crippen LogP contribution in [0.2, 0.25) is 0 Å². The molecular formula is C93H182N6O29. The molecule has 1 aliphatic rings. The third-order valence-corrected chi connectivity index (χ3v) is 20.5. The van der Waals surface area contributed by atoms with Gasteiger partial charge in [0.05, 0.1) is 311 Å². The number of piperazine rings is 1. The van der Waals surface area contributed by atoms with Gasteiger partial charge in [-0.05, 0) is 51.5 Å². The number of ether oxygens (including phenoxy) is 24. The number of hydrogen-bond donors (Lipinski definition) is 4. The van der Waals surface area contributed by atoms with Crippen molar-refractivity contribution >= 4 is 29.5 Å². The molecule has 0 radical (unpaired) electrons. The summed E-state index contributed by atoms with van der Waals surface area (Å²) in [7, 11) is 3.67. The number of methoxy groups -OCH3 is 1. The maximum Gasteiger partial charge on any atom is 0.245 e. The third kappa shape index (κ3) is 90.2. The van der Waals surface area contributed by atoms with Crippen molar-refractivity contribution in [2.45, 2.75) is 206 Å². The second kappa shape index (κ2) is 102. The molecule has 0 spiro atoms. The molecular weight excluding hydrogens is 1670 g/mol. The van der Waals surface area contributed by atoms with Gasteiger partial charge < -0.3 is 145 Å². The van der Waals surface area contributed by atoms with Gasteiger partial charge in [-0.3, -0.25) is 24.0 Å². The first-order chi connectivity index (χ1) is 63.1. The van der Waals surface area contributed by atoms with Crippen LogP contribution in [0.25, 0.3) is 0 Å². The minimum Gasteiger partial charge on any atom is -0.382 e. The SMILES string of the molecule is CCCCCCCCCCCCCCCCCCCC(=O)NCCCCCC(=O)N[C@H](C(=O)N[C@@H](CCCCNC(=O)CCOCCOCCOCCOCCOCCOCCOCCOCCOCCOCCOCCOCCOCCOCCOCCOCCOCCOCCOCCOCCOCCOCCOCCOC)C(=O)N1CCN(C)CC1)[C@@H](C)CC. The van der Waals surface area contributed by atoms with E-state index in [1.165, 1.54) is 96.3 Å². The van der Waals surface area contributed by atoms with Crippen LogP contribution >= 0.6 is 0 Å². The summed E-state index contributed by atoms with van der Waals surface area (Å²) < 4.78 is 132. The predicted octanol–water partition coefficient (Wildman–Crippen LogP) is 8.20. The summed E-state index contributed by atoms with van der Waals surface area (Å²) in [6.45, 7) is 31.9. The molecule has 1 heterocycles. The second-order valence-electron chi connectivity index (χ2n) is 31.4. The maximum absolute atomic E-state index is 14.0. The molecule has 1 aliphatic heterocycles. The van der Waals surface area contributed by atoms with Crippen molar-refractivity contribution in [2.24, 2.45) is 5.92 Å². The van der Waals surface area contributed by atoms with Gasteiger partial charge in [0, 0.05) is 65.6 Å². The first-order valence-corrected chi connectivity index (χ1v) is 49.0. The summed E-state index contributed by atoms with van der Waals surface area (Å²) in [5.74, 6) is -0.896. The number of hydrogen-bond acceptors (Lipinski definition) is 30. The Morgan fingerprint density at radius 3 is 0.773 bits per heavy atom. The molecule has 0 saturated carbocycles. The molecule has 0 bridgehead atoms. The molecule has 0 aromatic rings. The van der Waals surface area contributed by atoms with Crippen molar-refractivity contribution in [1.29, 1.82) is 0 Å². The number of rotatable bonds is 107. The number of unbranched alkanes of at least 4 members (excludes halogenated alkanes) is 19. The lowest BCUT2D eigenvalue weighted by Crippen LogP contribution is -2.58. The van der Waals surface area contributed by atoms with Crippen LogP contribution in [0.15, 0.2) is 0 Å². The number of carbonyl (C=O) groups excluding carboxylic acids is 5. The summed E-state index contributed by atoms with van der Waals surface area (Å²) in [4.78, 5) is 70.3. The van der Waals surface area contributed by atoms with Crippen molar-refractivity contribution in [3.8, 4) is 0 Å².